The molecule has 0 aliphatic heterocycles. The van der Waals surface area contributed by atoms with E-state index in [0.717, 1.165) is 38.9 Å². The van der Waals surface area contributed by atoms with Gasteiger partial charge in [-0.3, -0.25) is 5.10 Å². The molecule has 0 spiro atoms. The van der Waals surface area contributed by atoms with Crippen molar-refractivity contribution >= 4 is 23.1 Å². The van der Waals surface area contributed by atoms with Crippen molar-refractivity contribution in [1.82, 2.24) is 10.2 Å². The van der Waals surface area contributed by atoms with Crippen LogP contribution in [0, 0.1) is 6.92 Å². The van der Waals surface area contributed by atoms with Gasteiger partial charge in [0.15, 0.2) is 0 Å². The molecule has 0 aliphatic carbocycles. The molecule has 0 amide bonds. The van der Waals surface area contributed by atoms with Gasteiger partial charge in [-0.1, -0.05) is 54.6 Å². The van der Waals surface area contributed by atoms with E-state index in [2.05, 4.69) is 34.5 Å². The topological polar surface area (TPSA) is 48.9 Å². The van der Waals surface area contributed by atoms with Gasteiger partial charge < -0.3 is 5.11 Å². The van der Waals surface area contributed by atoms with Crippen molar-refractivity contribution in [3.63, 3.8) is 0 Å². The zero-order valence-corrected chi connectivity index (χ0v) is 13.9. The number of phenolic OH excluding ortho intramolecular Hbond substituents is 1. The summed E-state index contributed by atoms with van der Waals surface area (Å²) < 4.78 is 0. The lowest BCUT2D eigenvalue weighted by molar-refractivity contribution is 0.471. The summed E-state index contributed by atoms with van der Waals surface area (Å²) in [6.45, 7) is 1.93. The van der Waals surface area contributed by atoms with E-state index in [0.29, 0.717) is 5.75 Å². The lowest BCUT2D eigenvalue weighted by Gasteiger charge is -2.08. The average molecular weight is 326 g/mol. The van der Waals surface area contributed by atoms with Crippen LogP contribution in [-0.2, 0) is 0 Å². The Morgan fingerprint density at radius 3 is 2.60 bits per heavy atom. The molecule has 25 heavy (non-hydrogen) atoms. The largest absolute Gasteiger partial charge is 0.508 e. The minimum absolute atomic E-state index is 0.314. The number of aromatic amines is 1. The quantitative estimate of drug-likeness (QED) is 0.528. The number of aromatic nitrogens is 2. The fourth-order valence-corrected chi connectivity index (χ4v) is 3.00. The molecular weight excluding hydrogens is 308 g/mol. The number of fused-ring (bicyclic) bond motifs is 1. The molecule has 0 saturated heterocycles. The maximum absolute atomic E-state index is 9.97. The molecule has 0 radical (unpaired) electrons. The van der Waals surface area contributed by atoms with Gasteiger partial charge in [0.05, 0.1) is 11.2 Å². The fourth-order valence-electron chi connectivity index (χ4n) is 3.00. The lowest BCUT2D eigenvalue weighted by atomic mass is 9.98. The van der Waals surface area contributed by atoms with E-state index in [9.17, 15) is 5.11 Å². The molecule has 122 valence electrons. The van der Waals surface area contributed by atoms with Crippen LogP contribution in [-0.4, -0.2) is 15.3 Å². The van der Waals surface area contributed by atoms with Crippen molar-refractivity contribution in [2.75, 3.05) is 0 Å². The van der Waals surface area contributed by atoms with Crippen LogP contribution < -0.4 is 0 Å². The molecule has 3 aromatic carbocycles. The highest BCUT2D eigenvalue weighted by molar-refractivity contribution is 5.92. The van der Waals surface area contributed by atoms with Gasteiger partial charge in [0.2, 0.25) is 0 Å². The van der Waals surface area contributed by atoms with E-state index in [4.69, 9.17) is 0 Å². The van der Waals surface area contributed by atoms with Crippen LogP contribution in [0.3, 0.4) is 0 Å². The van der Waals surface area contributed by atoms with Gasteiger partial charge in [0, 0.05) is 5.39 Å². The van der Waals surface area contributed by atoms with Gasteiger partial charge in [-0.05, 0) is 53.5 Å². The third-order valence-corrected chi connectivity index (χ3v) is 4.44. The van der Waals surface area contributed by atoms with Crippen molar-refractivity contribution in [2.24, 2.45) is 0 Å². The van der Waals surface area contributed by atoms with Crippen molar-refractivity contribution in [3.8, 4) is 16.9 Å². The lowest BCUT2D eigenvalue weighted by Crippen LogP contribution is -1.84. The Kier molecular flexibility index (Phi) is 3.82. The molecule has 3 nitrogen and oxygen atoms in total. The summed E-state index contributed by atoms with van der Waals surface area (Å²) in [4.78, 5) is 0. The number of H-pyrrole nitrogens is 1. The van der Waals surface area contributed by atoms with E-state index in [1.807, 2.05) is 55.5 Å². The first-order valence-electron chi connectivity index (χ1n) is 8.22. The van der Waals surface area contributed by atoms with Gasteiger partial charge in [-0.2, -0.15) is 5.10 Å². The Morgan fingerprint density at radius 1 is 0.920 bits per heavy atom. The summed E-state index contributed by atoms with van der Waals surface area (Å²) in [5.74, 6) is 0.314. The molecule has 0 unspecified atom stereocenters. The summed E-state index contributed by atoms with van der Waals surface area (Å²) in [7, 11) is 0. The second kappa shape index (κ2) is 6.29. The van der Waals surface area contributed by atoms with Crippen molar-refractivity contribution in [3.05, 3.63) is 83.6 Å². The number of hydrogen-bond donors (Lipinski definition) is 2. The van der Waals surface area contributed by atoms with Gasteiger partial charge in [0.1, 0.15) is 5.75 Å². The Morgan fingerprint density at radius 2 is 1.76 bits per heavy atom. The standard InChI is InChI=1S/C22H18N2O/c1-15-18(8-5-9-22(15)25)17-11-13-21-19(14-17)20(23-24-21)12-10-16-6-3-2-4-7-16/h2-14,25H,1H3,(H,23,24). The van der Waals surface area contributed by atoms with Crippen LogP contribution in [0.4, 0.5) is 0 Å². The summed E-state index contributed by atoms with van der Waals surface area (Å²) in [6, 6.07) is 22.0. The highest BCUT2D eigenvalue weighted by atomic mass is 16.3. The minimum Gasteiger partial charge on any atom is -0.508 e. The number of rotatable bonds is 3. The van der Waals surface area contributed by atoms with Crippen molar-refractivity contribution < 1.29 is 5.11 Å². The zero-order chi connectivity index (χ0) is 17.2. The first kappa shape index (κ1) is 15.2. The first-order chi connectivity index (χ1) is 12.2. The monoisotopic (exact) mass is 326 g/mol. The highest BCUT2D eigenvalue weighted by Crippen LogP contribution is 2.31. The smallest absolute Gasteiger partial charge is 0.119 e. The summed E-state index contributed by atoms with van der Waals surface area (Å²) in [6.07, 6.45) is 4.08. The molecule has 0 fully saturated rings. The second-order valence-corrected chi connectivity index (χ2v) is 6.06. The van der Waals surface area contributed by atoms with Gasteiger partial charge in [-0.25, -0.2) is 0 Å². The van der Waals surface area contributed by atoms with Gasteiger partial charge >= 0.3 is 0 Å². The number of nitrogens with zero attached hydrogens (tertiary/aromatic N) is 1. The Labute approximate surface area is 146 Å². The highest BCUT2D eigenvalue weighted by Gasteiger charge is 2.09. The Bertz CT molecular complexity index is 1060. The number of hydrogen-bond acceptors (Lipinski definition) is 2. The molecule has 1 aromatic heterocycles. The number of aromatic hydroxyl groups is 1. The van der Waals surface area contributed by atoms with Crippen LogP contribution in [0.2, 0.25) is 0 Å². The molecule has 0 bridgehead atoms. The van der Waals surface area contributed by atoms with Crippen molar-refractivity contribution in [2.45, 2.75) is 6.92 Å². The maximum Gasteiger partial charge on any atom is 0.119 e. The number of benzene rings is 3. The van der Waals surface area contributed by atoms with E-state index in [1.165, 1.54) is 0 Å². The number of nitrogens with one attached hydrogen (secondary N) is 1. The molecule has 0 aliphatic rings. The van der Waals surface area contributed by atoms with E-state index < -0.39 is 0 Å². The molecule has 2 N–H and O–H groups in total. The third kappa shape index (κ3) is 2.92. The Balaban J connectivity index is 1.78. The second-order valence-electron chi connectivity index (χ2n) is 6.06. The Hall–Kier alpha value is -3.33. The molecule has 0 saturated carbocycles. The van der Waals surface area contributed by atoms with E-state index >= 15 is 0 Å². The summed E-state index contributed by atoms with van der Waals surface area (Å²) in [5.41, 5.74) is 6.01. The third-order valence-electron chi connectivity index (χ3n) is 4.44. The van der Waals surface area contributed by atoms with Gasteiger partial charge in [-0.15, -0.1) is 0 Å². The summed E-state index contributed by atoms with van der Waals surface area (Å²) >= 11 is 0. The average Bonchev–Trinajstić information content (AvgIpc) is 3.05. The first-order valence-corrected chi connectivity index (χ1v) is 8.22. The maximum atomic E-state index is 9.97. The molecule has 4 aromatic rings. The SMILES string of the molecule is Cc1c(O)cccc1-c1ccc2[nH]nc(C=Cc3ccccc3)c2c1. The molecule has 0 atom stereocenters. The zero-order valence-electron chi connectivity index (χ0n) is 13.9. The normalized spacial score (nSPS) is 11.4. The predicted octanol–water partition coefficient (Wildman–Crippen LogP) is 5.41. The van der Waals surface area contributed by atoms with Crippen LogP contribution in [0.25, 0.3) is 34.2 Å². The van der Waals surface area contributed by atoms with Crippen LogP contribution >= 0.6 is 0 Å². The van der Waals surface area contributed by atoms with Crippen molar-refractivity contribution in [1.29, 1.82) is 0 Å². The summed E-state index contributed by atoms with van der Waals surface area (Å²) in [5, 5.41) is 18.5. The molecule has 1 heterocycles. The molecular formula is C22H18N2O. The van der Waals surface area contributed by atoms with Gasteiger partial charge in [0.25, 0.3) is 0 Å². The molecule has 3 heteroatoms. The predicted molar refractivity (Wildman–Crippen MR) is 103 cm³/mol. The van der Waals surface area contributed by atoms with Crippen LogP contribution in [0.5, 0.6) is 5.75 Å². The number of phenols is 1. The van der Waals surface area contributed by atoms with E-state index in [1.54, 1.807) is 6.07 Å². The molecule has 4 rings (SSSR count). The van der Waals surface area contributed by atoms with E-state index in [-0.39, 0.29) is 0 Å². The fraction of sp³-hybridized carbons (Fsp3) is 0.0455. The van der Waals surface area contributed by atoms with Crippen LogP contribution in [0.15, 0.2) is 66.7 Å². The van der Waals surface area contributed by atoms with Crippen LogP contribution in [0.1, 0.15) is 16.8 Å². The minimum atomic E-state index is 0.314.